The maximum atomic E-state index is 13.6. The van der Waals surface area contributed by atoms with Crippen LogP contribution < -0.4 is 4.74 Å². The number of methoxy groups -OCH3 is 1. The van der Waals surface area contributed by atoms with E-state index < -0.39 is 46.8 Å². The summed E-state index contributed by atoms with van der Waals surface area (Å²) in [5, 5.41) is 12.8. The molecule has 3 amide bonds. The van der Waals surface area contributed by atoms with Gasteiger partial charge < -0.3 is 4.74 Å². The minimum absolute atomic E-state index is 0.0465. The van der Waals surface area contributed by atoms with Gasteiger partial charge in [0.1, 0.15) is 12.3 Å². The topological polar surface area (TPSA) is 127 Å². The zero-order valence-electron chi connectivity index (χ0n) is 19.0. The van der Waals surface area contributed by atoms with Gasteiger partial charge in [0.25, 0.3) is 23.4 Å². The molecule has 1 heterocycles. The summed E-state index contributed by atoms with van der Waals surface area (Å²) in [4.78, 5) is 64.1. The lowest BCUT2D eigenvalue weighted by molar-refractivity contribution is -0.384. The van der Waals surface area contributed by atoms with Crippen molar-refractivity contribution in [3.63, 3.8) is 0 Å². The van der Waals surface area contributed by atoms with Crippen LogP contribution in [0.3, 0.4) is 0 Å². The first-order chi connectivity index (χ1) is 17.1. The predicted molar refractivity (Wildman–Crippen MR) is 135 cm³/mol. The SMILES string of the molecule is COc1cccc(C(=O)CN(C(=O)c2cccc([N+](=O)[O-])c2)N2C(=O)[C@@H]3C[C@@H](Br)[C@@H](Br)C[C@H]3C2=O)c1. The molecule has 1 saturated carbocycles. The Hall–Kier alpha value is -3.12. The van der Waals surface area contributed by atoms with Crippen LogP contribution in [0.1, 0.15) is 33.6 Å². The van der Waals surface area contributed by atoms with Gasteiger partial charge in [-0.05, 0) is 31.0 Å². The molecule has 10 nitrogen and oxygen atoms in total. The first-order valence-corrected chi connectivity index (χ1v) is 12.8. The highest BCUT2D eigenvalue weighted by Crippen LogP contribution is 2.43. The van der Waals surface area contributed by atoms with Crippen LogP contribution in [0.2, 0.25) is 0 Å². The Bertz CT molecular complexity index is 1230. The molecule has 0 bridgehead atoms. The van der Waals surface area contributed by atoms with Crippen molar-refractivity contribution in [2.24, 2.45) is 11.8 Å². The smallest absolute Gasteiger partial charge is 0.273 e. The maximum absolute atomic E-state index is 13.6. The van der Waals surface area contributed by atoms with Crippen LogP contribution in [0.4, 0.5) is 5.69 Å². The first-order valence-electron chi connectivity index (χ1n) is 11.0. The third-order valence-corrected chi connectivity index (χ3v) is 9.09. The van der Waals surface area contributed by atoms with Crippen molar-refractivity contribution >= 4 is 61.1 Å². The number of halogens is 2. The molecule has 0 spiro atoms. The van der Waals surface area contributed by atoms with E-state index in [4.69, 9.17) is 4.74 Å². The van der Waals surface area contributed by atoms with Crippen molar-refractivity contribution < 1.29 is 28.8 Å². The number of amides is 3. The average Bonchev–Trinajstić information content (AvgIpc) is 3.11. The van der Waals surface area contributed by atoms with E-state index in [2.05, 4.69) is 31.9 Å². The number of carbonyl (C=O) groups is 4. The first kappa shape index (κ1) is 26.0. The number of fused-ring (bicyclic) bond motifs is 1. The quantitative estimate of drug-likeness (QED) is 0.151. The number of hydrogen-bond donors (Lipinski definition) is 0. The molecule has 1 saturated heterocycles. The zero-order valence-corrected chi connectivity index (χ0v) is 22.2. The molecule has 0 aromatic heterocycles. The Kier molecular flexibility index (Phi) is 7.55. The van der Waals surface area contributed by atoms with E-state index in [-0.39, 0.29) is 26.5 Å². The number of Topliss-reactive ketones (excluding diaryl/α,β-unsaturated/α-hetero) is 1. The van der Waals surface area contributed by atoms with Gasteiger partial charge in [-0.25, -0.2) is 5.01 Å². The van der Waals surface area contributed by atoms with Crippen molar-refractivity contribution in [2.45, 2.75) is 22.5 Å². The van der Waals surface area contributed by atoms with Crippen molar-refractivity contribution in [1.29, 1.82) is 0 Å². The van der Waals surface area contributed by atoms with Crippen molar-refractivity contribution in [3.05, 3.63) is 69.8 Å². The normalized spacial score (nSPS) is 23.2. The number of rotatable bonds is 7. The molecule has 1 aliphatic carbocycles. The Morgan fingerprint density at radius 1 is 1.03 bits per heavy atom. The number of nitro groups is 1. The van der Waals surface area contributed by atoms with Gasteiger partial charge in [-0.3, -0.25) is 29.3 Å². The second-order valence-electron chi connectivity index (χ2n) is 8.53. The van der Waals surface area contributed by atoms with E-state index >= 15 is 0 Å². The Labute approximate surface area is 222 Å². The Balaban J connectivity index is 1.72. The highest BCUT2D eigenvalue weighted by Gasteiger charge is 2.54. The lowest BCUT2D eigenvalue weighted by Crippen LogP contribution is -2.52. The van der Waals surface area contributed by atoms with Gasteiger partial charge in [-0.15, -0.1) is 0 Å². The van der Waals surface area contributed by atoms with E-state index in [1.54, 1.807) is 12.1 Å². The number of carbonyl (C=O) groups excluding carboxylic acids is 4. The molecular formula is C24H21Br2N3O7. The van der Waals surface area contributed by atoms with Crippen molar-refractivity contribution in [2.75, 3.05) is 13.7 Å². The summed E-state index contributed by atoms with van der Waals surface area (Å²) in [6.07, 6.45) is 0.759. The summed E-state index contributed by atoms with van der Waals surface area (Å²) in [6, 6.07) is 11.2. The van der Waals surface area contributed by atoms with E-state index in [1.165, 1.54) is 37.4 Å². The van der Waals surface area contributed by atoms with Gasteiger partial charge in [0.05, 0.1) is 23.9 Å². The third-order valence-electron chi connectivity index (χ3n) is 6.35. The summed E-state index contributed by atoms with van der Waals surface area (Å²) in [6.45, 7) is -0.624. The minimum atomic E-state index is -0.874. The summed E-state index contributed by atoms with van der Waals surface area (Å²) >= 11 is 7.05. The van der Waals surface area contributed by atoms with E-state index in [9.17, 15) is 29.3 Å². The molecule has 0 unspecified atom stereocenters. The van der Waals surface area contributed by atoms with Gasteiger partial charge in [0.15, 0.2) is 5.78 Å². The molecule has 36 heavy (non-hydrogen) atoms. The molecule has 1 aliphatic heterocycles. The number of hydrogen-bond acceptors (Lipinski definition) is 7. The molecule has 4 rings (SSSR count). The number of imide groups is 1. The molecule has 2 aliphatic rings. The van der Waals surface area contributed by atoms with Gasteiger partial charge in [0.2, 0.25) is 0 Å². The van der Waals surface area contributed by atoms with Gasteiger partial charge in [-0.1, -0.05) is 50.1 Å². The van der Waals surface area contributed by atoms with Gasteiger partial charge in [0, 0.05) is 32.9 Å². The minimum Gasteiger partial charge on any atom is -0.497 e. The van der Waals surface area contributed by atoms with E-state index in [0.717, 1.165) is 16.1 Å². The fourth-order valence-electron chi connectivity index (χ4n) is 4.47. The lowest BCUT2D eigenvalue weighted by Gasteiger charge is -2.30. The summed E-state index contributed by atoms with van der Waals surface area (Å²) < 4.78 is 5.16. The van der Waals surface area contributed by atoms with Crippen LogP contribution in [0.15, 0.2) is 48.5 Å². The van der Waals surface area contributed by atoms with Crippen LogP contribution >= 0.6 is 31.9 Å². The van der Waals surface area contributed by atoms with Crippen LogP contribution in [0.25, 0.3) is 0 Å². The maximum Gasteiger partial charge on any atom is 0.273 e. The second kappa shape index (κ2) is 10.5. The molecule has 2 aromatic carbocycles. The van der Waals surface area contributed by atoms with Gasteiger partial charge in [-0.2, -0.15) is 5.01 Å². The fraction of sp³-hybridized carbons (Fsp3) is 0.333. The average molecular weight is 623 g/mol. The number of benzene rings is 2. The predicted octanol–water partition coefficient (Wildman–Crippen LogP) is 3.77. The number of ether oxygens (including phenoxy) is 1. The zero-order chi connectivity index (χ0) is 26.1. The third kappa shape index (κ3) is 4.92. The molecule has 12 heteroatoms. The lowest BCUT2D eigenvalue weighted by atomic mass is 9.81. The molecule has 0 N–H and O–H groups in total. The molecule has 188 valence electrons. The number of alkyl halides is 2. The van der Waals surface area contributed by atoms with Crippen LogP contribution in [0.5, 0.6) is 5.75 Å². The highest BCUT2D eigenvalue weighted by atomic mass is 79.9. The van der Waals surface area contributed by atoms with Crippen LogP contribution in [0, 0.1) is 22.0 Å². The fourth-order valence-corrected chi connectivity index (χ4v) is 5.71. The van der Waals surface area contributed by atoms with Crippen LogP contribution in [-0.4, -0.2) is 61.8 Å². The Morgan fingerprint density at radius 2 is 1.61 bits per heavy atom. The number of nitro benzene ring substituents is 1. The number of hydrazine groups is 1. The molecular weight excluding hydrogens is 602 g/mol. The monoisotopic (exact) mass is 621 g/mol. The molecule has 4 atom stereocenters. The second-order valence-corrected chi connectivity index (χ2v) is 10.9. The van der Waals surface area contributed by atoms with E-state index in [0.29, 0.717) is 18.6 Å². The highest BCUT2D eigenvalue weighted by molar-refractivity contribution is 9.12. The van der Waals surface area contributed by atoms with Gasteiger partial charge >= 0.3 is 0 Å². The standard InChI is InChI=1S/C24H21Br2N3O7/c1-36-16-7-3-4-13(9-16)21(30)12-27(22(31)14-5-2-6-15(8-14)29(34)35)28-23(32)17-10-19(25)20(26)11-18(17)24(28)33/h2-9,17-20H,10-12H2,1H3/t17-,18-,19-,20+/m1/s1. The number of nitrogens with zero attached hydrogens (tertiary/aromatic N) is 3. The summed E-state index contributed by atoms with van der Waals surface area (Å²) in [5.74, 6) is -3.45. The van der Waals surface area contributed by atoms with Crippen molar-refractivity contribution in [1.82, 2.24) is 10.0 Å². The summed E-state index contributed by atoms with van der Waals surface area (Å²) in [7, 11) is 1.44. The number of ketones is 1. The molecule has 2 fully saturated rings. The largest absolute Gasteiger partial charge is 0.497 e. The Morgan fingerprint density at radius 3 is 2.19 bits per heavy atom. The summed E-state index contributed by atoms with van der Waals surface area (Å²) in [5.41, 5.74) is -0.254. The van der Waals surface area contributed by atoms with E-state index in [1.807, 2.05) is 0 Å². The molecule has 2 aromatic rings. The van der Waals surface area contributed by atoms with Crippen LogP contribution in [-0.2, 0) is 9.59 Å². The van der Waals surface area contributed by atoms with Crippen molar-refractivity contribution in [3.8, 4) is 5.75 Å². The molecule has 0 radical (unpaired) electrons. The number of non-ortho nitro benzene ring substituents is 1.